The number of pyridine rings is 1. The molecule has 0 radical (unpaired) electrons. The minimum absolute atomic E-state index is 0.514. The van der Waals surface area contributed by atoms with Gasteiger partial charge in [0.25, 0.3) is 0 Å². The highest BCUT2D eigenvalue weighted by Crippen LogP contribution is 2.34. The van der Waals surface area contributed by atoms with E-state index in [9.17, 15) is 0 Å². The van der Waals surface area contributed by atoms with Crippen molar-refractivity contribution in [2.24, 2.45) is 0 Å². The topological polar surface area (TPSA) is 73.2 Å². The Morgan fingerprint density at radius 2 is 1.84 bits per heavy atom. The van der Waals surface area contributed by atoms with Crippen LogP contribution in [-0.4, -0.2) is 60.0 Å². The van der Waals surface area contributed by atoms with Gasteiger partial charge in [-0.3, -0.25) is 0 Å². The normalized spacial score (nSPS) is 12.8. The molecule has 0 atom stereocenters. The van der Waals surface area contributed by atoms with E-state index in [2.05, 4.69) is 20.3 Å². The van der Waals surface area contributed by atoms with E-state index in [-0.39, 0.29) is 0 Å². The van der Waals surface area contributed by atoms with Gasteiger partial charge < -0.3 is 24.4 Å². The number of rotatable bonds is 7. The Bertz CT molecular complexity index is 1240. The first kappa shape index (κ1) is 20.1. The van der Waals surface area contributed by atoms with Gasteiger partial charge in [-0.05, 0) is 56.6 Å². The van der Waals surface area contributed by atoms with Crippen LogP contribution in [0.4, 0.5) is 11.6 Å². The summed E-state index contributed by atoms with van der Waals surface area (Å²) < 4.78 is 19.0. The minimum Gasteiger partial charge on any atom is -0.492 e. The van der Waals surface area contributed by atoms with Crippen molar-refractivity contribution in [1.29, 1.82) is 0 Å². The maximum atomic E-state index is 5.83. The van der Waals surface area contributed by atoms with E-state index in [1.165, 1.54) is 0 Å². The van der Waals surface area contributed by atoms with E-state index in [1.54, 1.807) is 0 Å². The van der Waals surface area contributed by atoms with Crippen molar-refractivity contribution in [1.82, 2.24) is 19.5 Å². The summed E-state index contributed by atoms with van der Waals surface area (Å²) >= 11 is 0. The standard InChI is InChI=1S/C24H25N5O3/c1-28(2)11-12-30-19-6-3-5-18(16-19)25-24-26-23-8-4-7-20(29(23)27-24)17-9-10-21-22(15-17)32-14-13-31-21/h3-10,15-16H,11-14H2,1-2H3,(H,25,27). The van der Waals surface area contributed by atoms with Crippen LogP contribution in [0, 0.1) is 0 Å². The van der Waals surface area contributed by atoms with Crippen LogP contribution in [0.15, 0.2) is 60.7 Å². The Hall–Kier alpha value is -3.78. The molecule has 0 fully saturated rings. The molecule has 0 aliphatic carbocycles. The molecule has 0 saturated heterocycles. The molecule has 0 amide bonds. The average Bonchev–Trinajstić information content (AvgIpc) is 3.21. The third-order valence-corrected chi connectivity index (χ3v) is 5.10. The Morgan fingerprint density at radius 1 is 1.00 bits per heavy atom. The summed E-state index contributed by atoms with van der Waals surface area (Å²) in [5.41, 5.74) is 3.51. The molecule has 2 aromatic carbocycles. The lowest BCUT2D eigenvalue weighted by Crippen LogP contribution is -2.19. The molecule has 164 valence electrons. The molecular formula is C24H25N5O3. The number of hydrogen-bond acceptors (Lipinski definition) is 7. The highest BCUT2D eigenvalue weighted by molar-refractivity contribution is 5.68. The first-order valence-electron chi connectivity index (χ1n) is 10.6. The molecule has 1 aliphatic heterocycles. The van der Waals surface area contributed by atoms with Crippen LogP contribution >= 0.6 is 0 Å². The summed E-state index contributed by atoms with van der Waals surface area (Å²) in [5.74, 6) is 2.83. The van der Waals surface area contributed by atoms with Crippen molar-refractivity contribution in [3.63, 3.8) is 0 Å². The number of benzene rings is 2. The molecule has 8 heteroatoms. The van der Waals surface area contributed by atoms with Crippen LogP contribution in [0.25, 0.3) is 16.9 Å². The first-order chi connectivity index (χ1) is 15.7. The zero-order chi connectivity index (χ0) is 21.9. The van der Waals surface area contributed by atoms with Crippen LogP contribution in [0.1, 0.15) is 0 Å². The van der Waals surface area contributed by atoms with Gasteiger partial charge >= 0.3 is 0 Å². The van der Waals surface area contributed by atoms with Crippen molar-refractivity contribution in [3.05, 3.63) is 60.7 Å². The van der Waals surface area contributed by atoms with Crippen LogP contribution in [0.2, 0.25) is 0 Å². The molecule has 8 nitrogen and oxygen atoms in total. The second-order valence-corrected chi connectivity index (χ2v) is 7.78. The number of fused-ring (bicyclic) bond motifs is 2. The summed E-state index contributed by atoms with van der Waals surface area (Å²) in [4.78, 5) is 6.72. The number of likely N-dealkylation sites (N-methyl/N-ethyl adjacent to an activating group) is 1. The summed E-state index contributed by atoms with van der Waals surface area (Å²) in [5, 5.41) is 7.97. The smallest absolute Gasteiger partial charge is 0.247 e. The quantitative estimate of drug-likeness (QED) is 0.476. The molecule has 1 aliphatic rings. The van der Waals surface area contributed by atoms with Crippen molar-refractivity contribution < 1.29 is 14.2 Å². The Balaban J connectivity index is 1.39. The fourth-order valence-corrected chi connectivity index (χ4v) is 3.52. The SMILES string of the molecule is CN(C)CCOc1cccc(Nc2nc3cccc(-c4ccc5c(c4)OCCO5)n3n2)c1. The lowest BCUT2D eigenvalue weighted by atomic mass is 10.1. The van der Waals surface area contributed by atoms with E-state index in [0.29, 0.717) is 25.8 Å². The monoisotopic (exact) mass is 431 g/mol. The maximum absolute atomic E-state index is 5.83. The van der Waals surface area contributed by atoms with Crippen LogP contribution < -0.4 is 19.5 Å². The molecule has 0 spiro atoms. The molecule has 5 rings (SSSR count). The summed E-state index contributed by atoms with van der Waals surface area (Å²) in [6.07, 6.45) is 0. The first-order valence-corrected chi connectivity index (χ1v) is 10.6. The molecule has 4 aromatic rings. The number of anilines is 2. The largest absolute Gasteiger partial charge is 0.492 e. The van der Waals surface area contributed by atoms with Gasteiger partial charge in [0.2, 0.25) is 5.95 Å². The van der Waals surface area contributed by atoms with Gasteiger partial charge in [0.1, 0.15) is 25.6 Å². The molecule has 0 saturated carbocycles. The third kappa shape index (κ3) is 4.31. The Kier molecular flexibility index (Phi) is 5.51. The van der Waals surface area contributed by atoms with E-state index < -0.39 is 0 Å². The third-order valence-electron chi connectivity index (χ3n) is 5.10. The number of ether oxygens (including phenoxy) is 3. The number of nitrogens with zero attached hydrogens (tertiary/aromatic N) is 4. The van der Waals surface area contributed by atoms with E-state index >= 15 is 0 Å². The Labute approximate surface area is 186 Å². The molecule has 0 bridgehead atoms. The predicted molar refractivity (Wildman–Crippen MR) is 123 cm³/mol. The van der Waals surface area contributed by atoms with Crippen LogP contribution in [0.5, 0.6) is 17.2 Å². The lowest BCUT2D eigenvalue weighted by Gasteiger charge is -2.19. The molecule has 1 N–H and O–H groups in total. The van der Waals surface area contributed by atoms with Crippen molar-refractivity contribution in [2.75, 3.05) is 45.8 Å². The summed E-state index contributed by atoms with van der Waals surface area (Å²) in [7, 11) is 4.05. The van der Waals surface area contributed by atoms with Crippen LogP contribution in [-0.2, 0) is 0 Å². The zero-order valence-electron chi connectivity index (χ0n) is 18.1. The van der Waals surface area contributed by atoms with E-state index in [1.807, 2.05) is 79.3 Å². The average molecular weight is 431 g/mol. The Morgan fingerprint density at radius 3 is 2.72 bits per heavy atom. The number of hydrogen-bond donors (Lipinski definition) is 1. The van der Waals surface area contributed by atoms with Gasteiger partial charge in [0.15, 0.2) is 17.1 Å². The molecule has 3 heterocycles. The van der Waals surface area contributed by atoms with Crippen LogP contribution in [0.3, 0.4) is 0 Å². The van der Waals surface area contributed by atoms with Crippen molar-refractivity contribution >= 4 is 17.3 Å². The van der Waals surface area contributed by atoms with Gasteiger partial charge in [-0.15, -0.1) is 5.10 Å². The predicted octanol–water partition coefficient (Wildman–Crippen LogP) is 3.85. The fraction of sp³-hybridized carbons (Fsp3) is 0.250. The zero-order valence-corrected chi connectivity index (χ0v) is 18.1. The van der Waals surface area contributed by atoms with Gasteiger partial charge in [-0.1, -0.05) is 12.1 Å². The minimum atomic E-state index is 0.514. The number of aromatic nitrogens is 3. The molecular weight excluding hydrogens is 406 g/mol. The van der Waals surface area contributed by atoms with Crippen molar-refractivity contribution in [2.45, 2.75) is 0 Å². The van der Waals surface area contributed by atoms with Gasteiger partial charge in [-0.2, -0.15) is 4.98 Å². The fourth-order valence-electron chi connectivity index (χ4n) is 3.52. The van der Waals surface area contributed by atoms with Gasteiger partial charge in [-0.25, -0.2) is 4.52 Å². The van der Waals surface area contributed by atoms with Crippen molar-refractivity contribution in [3.8, 4) is 28.5 Å². The molecule has 32 heavy (non-hydrogen) atoms. The van der Waals surface area contributed by atoms with Gasteiger partial charge in [0.05, 0.1) is 5.69 Å². The second kappa shape index (κ2) is 8.76. The highest BCUT2D eigenvalue weighted by atomic mass is 16.6. The molecule has 0 unspecified atom stereocenters. The number of nitrogens with one attached hydrogen (secondary N) is 1. The van der Waals surface area contributed by atoms with E-state index in [0.717, 1.165) is 46.4 Å². The summed E-state index contributed by atoms with van der Waals surface area (Å²) in [6.45, 7) is 2.61. The van der Waals surface area contributed by atoms with Gasteiger partial charge in [0, 0.05) is 23.9 Å². The van der Waals surface area contributed by atoms with E-state index in [4.69, 9.17) is 14.2 Å². The molecule has 2 aromatic heterocycles. The second-order valence-electron chi connectivity index (χ2n) is 7.78. The summed E-state index contributed by atoms with van der Waals surface area (Å²) in [6, 6.07) is 19.6. The lowest BCUT2D eigenvalue weighted by molar-refractivity contribution is 0.171. The maximum Gasteiger partial charge on any atom is 0.247 e. The highest BCUT2D eigenvalue weighted by Gasteiger charge is 2.15.